The zero-order valence-corrected chi connectivity index (χ0v) is 63.4. The van der Waals surface area contributed by atoms with Gasteiger partial charge in [0.25, 0.3) is 0 Å². The number of hydrogen-bond donors (Lipinski definition) is 2. The largest absolute Gasteiger partial charge is 0.480 e. The second kappa shape index (κ2) is 43.3. The standard InChI is InChI=1S/C22H31N3O3.C18H23N3O3.C18H24N2O2.C11H13N3.C6H11BrO2.CH4.2ClH/c1-21(2,3)20(27)25(15-19(26)28-22(4,5)6)14-18-10-8-7-9-17(18)13-24-12-11-23-16-24;1-18(2,3)17(24)21(12-16(22)23)11-15-7-5-4-6-14(15)10-20-9-8-19-13-20;1-18(2,3)22-17(21)10-6-9-15-7-4-5-8-16(15)13-20-12-11-19-14-20;12-7-10-3-1-2-4-11(10)8-14-6-5-13-9-14;1-6(2,3)9-5(8)4-7;;;/h7-12,16H,13-15H2,1-6H3;4-9,13H,10-12H2,1-3H3,(H,22,23);4-5,7-8,11-12,14H,6,9-10,13H2,1-3H3;1-6,9H,7-8,12H2;4H2,1-3H3;1H4;2*1H. The van der Waals surface area contributed by atoms with Crippen LogP contribution < -0.4 is 5.73 Å². The van der Waals surface area contributed by atoms with Crippen LogP contribution in [0.1, 0.15) is 169 Å². The van der Waals surface area contributed by atoms with Gasteiger partial charge >= 0.3 is 23.9 Å². The summed E-state index contributed by atoms with van der Waals surface area (Å²) < 4.78 is 23.7. The van der Waals surface area contributed by atoms with Gasteiger partial charge in [-0.1, -0.05) is 162 Å². The quantitative estimate of drug-likeness (QED) is 0.0363. The normalized spacial score (nSPS) is 11.0. The van der Waals surface area contributed by atoms with Crippen molar-refractivity contribution >= 4 is 76.4 Å². The van der Waals surface area contributed by atoms with E-state index in [4.69, 9.17) is 25.1 Å². The molecule has 24 heteroatoms. The minimum absolute atomic E-state index is 0. The van der Waals surface area contributed by atoms with Crippen LogP contribution in [-0.4, -0.2) is 124 Å². The number of aromatic nitrogens is 8. The molecular formula is C76H108BrCl2N11O10. The van der Waals surface area contributed by atoms with E-state index >= 15 is 0 Å². The van der Waals surface area contributed by atoms with E-state index in [1.807, 2.05) is 212 Å². The maximum absolute atomic E-state index is 13.0. The van der Waals surface area contributed by atoms with Gasteiger partial charge in [-0.3, -0.25) is 28.8 Å². The summed E-state index contributed by atoms with van der Waals surface area (Å²) >= 11 is 2.99. The lowest BCUT2D eigenvalue weighted by molar-refractivity contribution is -0.160. The first-order chi connectivity index (χ1) is 45.5. The molecular weight excluding hydrogens is 1380 g/mol. The average molecular weight is 1490 g/mol. The lowest BCUT2D eigenvalue weighted by Crippen LogP contribution is -2.43. The number of nitrogens with zero attached hydrogens (tertiary/aromatic N) is 10. The van der Waals surface area contributed by atoms with Gasteiger partial charge in [-0.25, -0.2) is 19.9 Å². The van der Waals surface area contributed by atoms with Crippen molar-refractivity contribution in [3.8, 4) is 0 Å². The Bertz CT molecular complexity index is 3660. The van der Waals surface area contributed by atoms with E-state index in [1.54, 1.807) is 63.1 Å². The molecule has 0 atom stereocenters. The zero-order valence-electron chi connectivity index (χ0n) is 60.2. The van der Waals surface area contributed by atoms with E-state index in [0.717, 1.165) is 48.2 Å². The van der Waals surface area contributed by atoms with Crippen molar-refractivity contribution in [3.63, 3.8) is 0 Å². The Morgan fingerprint density at radius 2 is 0.730 bits per heavy atom. The first-order valence-corrected chi connectivity index (χ1v) is 33.5. The fraction of sp³-hybridized carbons (Fsp3) is 0.447. The van der Waals surface area contributed by atoms with Gasteiger partial charge < -0.3 is 53.1 Å². The maximum atomic E-state index is 13.0. The van der Waals surface area contributed by atoms with Crippen LogP contribution in [0.2, 0.25) is 0 Å². The van der Waals surface area contributed by atoms with Gasteiger partial charge in [-0.2, -0.15) is 0 Å². The molecule has 3 N–H and O–H groups in total. The van der Waals surface area contributed by atoms with Gasteiger partial charge in [-0.15, -0.1) is 24.8 Å². The van der Waals surface area contributed by atoms with Crippen molar-refractivity contribution in [2.24, 2.45) is 16.6 Å². The molecule has 0 saturated carbocycles. The number of esters is 3. The minimum atomic E-state index is -1.01. The van der Waals surface area contributed by atoms with Gasteiger partial charge in [0.1, 0.15) is 35.2 Å². The van der Waals surface area contributed by atoms with Crippen LogP contribution >= 0.6 is 40.7 Å². The number of imidazole rings is 4. The third-order valence-corrected chi connectivity index (χ3v) is 14.2. The van der Waals surface area contributed by atoms with E-state index in [0.29, 0.717) is 32.6 Å². The van der Waals surface area contributed by atoms with E-state index in [9.17, 15) is 28.8 Å². The molecule has 0 aliphatic carbocycles. The molecule has 8 rings (SSSR count). The number of hydrogen-bond acceptors (Lipinski definition) is 14. The van der Waals surface area contributed by atoms with Gasteiger partial charge in [0.05, 0.1) is 25.3 Å². The Hall–Kier alpha value is -8.44. The molecule has 4 aromatic carbocycles. The smallest absolute Gasteiger partial charge is 0.326 e. The van der Waals surface area contributed by atoms with Crippen LogP contribution in [-0.2, 0) is 95.2 Å². The third kappa shape index (κ3) is 35.6. The first kappa shape index (κ1) is 89.6. The second-order valence-corrected chi connectivity index (χ2v) is 28.7. The molecule has 100 heavy (non-hydrogen) atoms. The zero-order chi connectivity index (χ0) is 72.0. The number of amides is 2. The molecule has 0 radical (unpaired) electrons. The monoisotopic (exact) mass is 1480 g/mol. The van der Waals surface area contributed by atoms with Crippen LogP contribution in [0.3, 0.4) is 0 Å². The summed E-state index contributed by atoms with van der Waals surface area (Å²) in [6, 6.07) is 32.2. The lowest BCUT2D eigenvalue weighted by atomic mass is 9.94. The van der Waals surface area contributed by atoms with E-state index in [-0.39, 0.29) is 86.6 Å². The highest BCUT2D eigenvalue weighted by molar-refractivity contribution is 9.09. The number of carbonyl (C=O) groups is 6. The fourth-order valence-electron chi connectivity index (χ4n) is 9.54. The lowest BCUT2D eigenvalue weighted by Gasteiger charge is -2.30. The summed E-state index contributed by atoms with van der Waals surface area (Å²) in [5.41, 5.74) is 12.1. The molecule has 0 saturated heterocycles. The van der Waals surface area contributed by atoms with Crippen LogP contribution in [0, 0.1) is 10.8 Å². The Labute approximate surface area is 613 Å². The number of ether oxygens (including phenoxy) is 3. The topological polar surface area (TPSA) is 254 Å². The molecule has 4 aromatic heterocycles. The van der Waals surface area contributed by atoms with Crippen molar-refractivity contribution in [2.75, 3.05) is 18.4 Å². The summed E-state index contributed by atoms with van der Waals surface area (Å²) in [5, 5.41) is 9.42. The number of halogens is 3. The Balaban J connectivity index is 0.000000644. The fourth-order valence-corrected chi connectivity index (χ4v) is 9.66. The Kier molecular flexibility index (Phi) is 38.8. The van der Waals surface area contributed by atoms with Crippen molar-refractivity contribution in [1.82, 2.24) is 48.0 Å². The highest BCUT2D eigenvalue weighted by Gasteiger charge is 2.32. The van der Waals surface area contributed by atoms with Gasteiger partial charge in [0, 0.05) is 113 Å². The Morgan fingerprint density at radius 3 is 1.02 bits per heavy atom. The SMILES string of the molecule is C.CC(C)(C)C(=O)N(CC(=O)O)Cc1ccccc1Cn1ccnc1.CC(C)(C)OC(=O)CBr.CC(C)(C)OC(=O)CCCc1ccccc1Cn1ccnc1.CC(C)(C)OC(=O)CN(Cc1ccccc1Cn1ccnc1)C(=O)C(C)(C)C.Cl.Cl.NCc1ccccc1Cn1ccnc1. The number of benzene rings is 4. The maximum Gasteiger partial charge on any atom is 0.326 e. The molecule has 548 valence electrons. The number of alkyl halides is 1. The van der Waals surface area contributed by atoms with Crippen molar-refractivity contribution < 1.29 is 48.1 Å². The highest BCUT2D eigenvalue weighted by atomic mass is 79.9. The molecule has 0 aliphatic rings. The van der Waals surface area contributed by atoms with Gasteiger partial charge in [-0.05, 0) is 120 Å². The number of nitrogens with two attached hydrogens (primary N) is 1. The van der Waals surface area contributed by atoms with Gasteiger partial charge in [0.2, 0.25) is 11.8 Å². The number of carboxylic acids is 1. The van der Waals surface area contributed by atoms with E-state index < -0.39 is 34.0 Å². The summed E-state index contributed by atoms with van der Waals surface area (Å²) in [5.74, 6) is -2.03. The average Bonchev–Trinajstić information content (AvgIpc) is 0.945. The van der Waals surface area contributed by atoms with Crippen molar-refractivity contribution in [2.45, 2.75) is 193 Å². The van der Waals surface area contributed by atoms with Crippen LogP contribution in [0.4, 0.5) is 0 Å². The van der Waals surface area contributed by atoms with E-state index in [2.05, 4.69) is 60.1 Å². The molecule has 21 nitrogen and oxygen atoms in total. The molecule has 0 aliphatic heterocycles. The minimum Gasteiger partial charge on any atom is -0.480 e. The van der Waals surface area contributed by atoms with Crippen LogP contribution in [0.15, 0.2) is 172 Å². The first-order valence-electron chi connectivity index (χ1n) is 32.3. The van der Waals surface area contributed by atoms with Crippen LogP contribution in [0.25, 0.3) is 0 Å². The molecule has 0 fully saturated rings. The Morgan fingerprint density at radius 1 is 0.440 bits per heavy atom. The summed E-state index contributed by atoms with van der Waals surface area (Å²) in [7, 11) is 0. The van der Waals surface area contributed by atoms with Crippen LogP contribution in [0.5, 0.6) is 0 Å². The molecule has 0 bridgehead atoms. The molecule has 2 amide bonds. The number of carbonyl (C=O) groups excluding carboxylic acids is 5. The second-order valence-electron chi connectivity index (χ2n) is 28.2. The number of carboxylic acid groups (broad SMARTS) is 1. The number of rotatable bonds is 22. The molecule has 0 spiro atoms. The molecule has 4 heterocycles. The van der Waals surface area contributed by atoms with E-state index in [1.165, 1.54) is 27.2 Å². The van der Waals surface area contributed by atoms with Gasteiger partial charge in [0.15, 0.2) is 0 Å². The molecule has 8 aromatic rings. The number of aryl methyl sites for hydroxylation is 1. The van der Waals surface area contributed by atoms with Crippen molar-refractivity contribution in [1.29, 1.82) is 0 Å². The highest BCUT2D eigenvalue weighted by Crippen LogP contribution is 2.24. The predicted molar refractivity (Wildman–Crippen MR) is 402 cm³/mol. The summed E-state index contributed by atoms with van der Waals surface area (Å²) in [6.45, 7) is 31.4. The number of aliphatic carboxylic acids is 1. The summed E-state index contributed by atoms with van der Waals surface area (Å²) in [4.78, 5) is 90.6. The third-order valence-electron chi connectivity index (χ3n) is 13.8. The summed E-state index contributed by atoms with van der Waals surface area (Å²) in [6.07, 6.45) is 23.9. The molecule has 0 unspecified atom stereocenters. The predicted octanol–water partition coefficient (Wildman–Crippen LogP) is 14.2. The van der Waals surface area contributed by atoms with Crippen molar-refractivity contribution in [3.05, 3.63) is 216 Å².